The van der Waals surface area contributed by atoms with Crippen LogP contribution in [0.5, 0.6) is 5.75 Å². The molecule has 0 amide bonds. The van der Waals surface area contributed by atoms with Gasteiger partial charge in [0.2, 0.25) is 0 Å². The lowest BCUT2D eigenvalue weighted by molar-refractivity contribution is 0.0891. The minimum atomic E-state index is 0.586. The molecule has 0 radical (unpaired) electrons. The molecule has 118 valence electrons. The first-order chi connectivity index (χ1) is 10.2. The third-order valence-electron chi connectivity index (χ3n) is 4.38. The van der Waals surface area contributed by atoms with Crippen LogP contribution in [0, 0.1) is 0 Å². The van der Waals surface area contributed by atoms with Gasteiger partial charge in [0.05, 0.1) is 6.61 Å². The molecular weight excluding hydrogens is 262 g/mol. The molecule has 1 aliphatic heterocycles. The monoisotopic (exact) mass is 291 g/mol. The Labute approximate surface area is 128 Å². The van der Waals surface area contributed by atoms with Crippen LogP contribution in [-0.4, -0.2) is 55.7 Å². The Bertz CT molecular complexity index is 407. The van der Waals surface area contributed by atoms with Gasteiger partial charge in [-0.25, -0.2) is 0 Å². The minimum Gasteiger partial charge on any atom is -0.494 e. The Morgan fingerprint density at radius 2 is 2.00 bits per heavy atom. The first kappa shape index (κ1) is 16.3. The van der Waals surface area contributed by atoms with Crippen molar-refractivity contribution in [3.63, 3.8) is 0 Å². The lowest BCUT2D eigenvalue weighted by Gasteiger charge is -2.39. The maximum Gasteiger partial charge on any atom is 0.119 e. The fourth-order valence-corrected chi connectivity index (χ4v) is 2.85. The molecular formula is C17H29N3O. The van der Waals surface area contributed by atoms with E-state index in [0.29, 0.717) is 12.6 Å². The number of hydrogen-bond donors (Lipinski definition) is 1. The number of benzene rings is 1. The van der Waals surface area contributed by atoms with Crippen molar-refractivity contribution in [2.24, 2.45) is 5.73 Å². The van der Waals surface area contributed by atoms with Crippen LogP contribution in [-0.2, 0) is 6.54 Å². The van der Waals surface area contributed by atoms with Gasteiger partial charge < -0.3 is 20.3 Å². The third-order valence-corrected chi connectivity index (χ3v) is 4.38. The average Bonchev–Trinajstić information content (AvgIpc) is 2.53. The summed E-state index contributed by atoms with van der Waals surface area (Å²) in [6.07, 6.45) is 2.32. The van der Waals surface area contributed by atoms with Crippen molar-refractivity contribution >= 4 is 0 Å². The Balaban J connectivity index is 1.65. The molecule has 4 heteroatoms. The van der Waals surface area contributed by atoms with Crippen molar-refractivity contribution in [1.82, 2.24) is 9.80 Å². The molecule has 1 heterocycles. The van der Waals surface area contributed by atoms with E-state index in [9.17, 15) is 0 Å². The van der Waals surface area contributed by atoms with Crippen molar-refractivity contribution < 1.29 is 4.74 Å². The SMILES string of the molecule is CCC1CN(CCCOc2ccc(CN)cc2)CCN1C. The van der Waals surface area contributed by atoms with Gasteiger partial charge >= 0.3 is 0 Å². The number of likely N-dealkylation sites (N-methyl/N-ethyl adjacent to an activating group) is 1. The van der Waals surface area contributed by atoms with Crippen LogP contribution in [0.4, 0.5) is 0 Å². The Morgan fingerprint density at radius 3 is 2.67 bits per heavy atom. The van der Waals surface area contributed by atoms with E-state index in [1.807, 2.05) is 24.3 Å². The Hall–Kier alpha value is -1.10. The van der Waals surface area contributed by atoms with E-state index in [-0.39, 0.29) is 0 Å². The number of nitrogens with zero attached hydrogens (tertiary/aromatic N) is 2. The molecule has 1 aromatic carbocycles. The molecule has 0 bridgehead atoms. The second-order valence-electron chi connectivity index (χ2n) is 5.89. The highest BCUT2D eigenvalue weighted by atomic mass is 16.5. The predicted octanol–water partition coefficient (Wildman–Crippen LogP) is 1.94. The summed E-state index contributed by atoms with van der Waals surface area (Å²) in [5.74, 6) is 0.942. The van der Waals surface area contributed by atoms with Gasteiger partial charge in [-0.1, -0.05) is 19.1 Å². The summed E-state index contributed by atoms with van der Waals surface area (Å²) in [4.78, 5) is 5.04. The average molecular weight is 291 g/mol. The van der Waals surface area contributed by atoms with Gasteiger partial charge in [0, 0.05) is 38.8 Å². The van der Waals surface area contributed by atoms with E-state index in [1.54, 1.807) is 0 Å². The van der Waals surface area contributed by atoms with Crippen LogP contribution in [0.15, 0.2) is 24.3 Å². The number of rotatable bonds is 7. The lowest BCUT2D eigenvalue weighted by Crippen LogP contribution is -2.51. The van der Waals surface area contributed by atoms with Crippen molar-refractivity contribution in [2.75, 3.05) is 39.8 Å². The maximum absolute atomic E-state index is 5.79. The number of piperazine rings is 1. The number of nitrogens with two attached hydrogens (primary N) is 1. The van der Waals surface area contributed by atoms with Crippen molar-refractivity contribution in [2.45, 2.75) is 32.4 Å². The fraction of sp³-hybridized carbons (Fsp3) is 0.647. The van der Waals surface area contributed by atoms with Crippen molar-refractivity contribution in [3.05, 3.63) is 29.8 Å². The van der Waals surface area contributed by atoms with Crippen LogP contribution < -0.4 is 10.5 Å². The van der Waals surface area contributed by atoms with E-state index in [0.717, 1.165) is 30.9 Å². The van der Waals surface area contributed by atoms with Crippen molar-refractivity contribution in [3.8, 4) is 5.75 Å². The largest absolute Gasteiger partial charge is 0.494 e. The molecule has 4 nitrogen and oxygen atoms in total. The smallest absolute Gasteiger partial charge is 0.119 e. The van der Waals surface area contributed by atoms with Gasteiger partial charge in [0.15, 0.2) is 0 Å². The summed E-state index contributed by atoms with van der Waals surface area (Å²) in [6.45, 7) is 8.33. The fourth-order valence-electron chi connectivity index (χ4n) is 2.85. The van der Waals surface area contributed by atoms with Crippen LogP contribution in [0.3, 0.4) is 0 Å². The summed E-state index contributed by atoms with van der Waals surface area (Å²) >= 11 is 0. The topological polar surface area (TPSA) is 41.7 Å². The lowest BCUT2D eigenvalue weighted by atomic mass is 10.1. The summed E-state index contributed by atoms with van der Waals surface area (Å²) in [7, 11) is 2.24. The molecule has 1 atom stereocenters. The van der Waals surface area contributed by atoms with Crippen LogP contribution in [0.2, 0.25) is 0 Å². The second kappa shape index (κ2) is 8.37. The Kier molecular flexibility index (Phi) is 6.49. The summed E-state index contributed by atoms with van der Waals surface area (Å²) < 4.78 is 5.79. The van der Waals surface area contributed by atoms with Gasteiger partial charge in [-0.15, -0.1) is 0 Å². The van der Waals surface area contributed by atoms with Crippen molar-refractivity contribution in [1.29, 1.82) is 0 Å². The molecule has 1 aromatic rings. The molecule has 1 unspecified atom stereocenters. The molecule has 1 saturated heterocycles. The summed E-state index contributed by atoms with van der Waals surface area (Å²) in [6, 6.07) is 8.78. The van der Waals surface area contributed by atoms with Gasteiger partial charge in [-0.05, 0) is 37.6 Å². The second-order valence-corrected chi connectivity index (χ2v) is 5.89. The van der Waals surface area contributed by atoms with Gasteiger partial charge in [-0.3, -0.25) is 0 Å². The first-order valence-corrected chi connectivity index (χ1v) is 8.07. The predicted molar refractivity (Wildman–Crippen MR) is 87.6 cm³/mol. The van der Waals surface area contributed by atoms with E-state index in [1.165, 1.54) is 26.1 Å². The highest BCUT2D eigenvalue weighted by Gasteiger charge is 2.22. The quantitative estimate of drug-likeness (QED) is 0.780. The molecule has 0 saturated carbocycles. The highest BCUT2D eigenvalue weighted by Crippen LogP contribution is 2.13. The number of hydrogen-bond acceptors (Lipinski definition) is 4. The molecule has 0 spiro atoms. The van der Waals surface area contributed by atoms with Crippen LogP contribution in [0.25, 0.3) is 0 Å². The van der Waals surface area contributed by atoms with E-state index < -0.39 is 0 Å². The highest BCUT2D eigenvalue weighted by molar-refractivity contribution is 5.26. The number of ether oxygens (including phenoxy) is 1. The zero-order chi connectivity index (χ0) is 15.1. The zero-order valence-electron chi connectivity index (χ0n) is 13.4. The summed E-state index contributed by atoms with van der Waals surface area (Å²) in [5, 5.41) is 0. The van der Waals surface area contributed by atoms with E-state index in [2.05, 4.69) is 23.8 Å². The molecule has 21 heavy (non-hydrogen) atoms. The van der Waals surface area contributed by atoms with E-state index >= 15 is 0 Å². The molecule has 0 aliphatic carbocycles. The van der Waals surface area contributed by atoms with Gasteiger partial charge in [0.25, 0.3) is 0 Å². The molecule has 2 N–H and O–H groups in total. The van der Waals surface area contributed by atoms with Crippen LogP contribution >= 0.6 is 0 Å². The van der Waals surface area contributed by atoms with Gasteiger partial charge in [-0.2, -0.15) is 0 Å². The molecule has 2 rings (SSSR count). The maximum atomic E-state index is 5.79. The first-order valence-electron chi connectivity index (χ1n) is 8.07. The third kappa shape index (κ3) is 4.99. The normalized spacial score (nSPS) is 20.6. The van der Waals surface area contributed by atoms with Gasteiger partial charge in [0.1, 0.15) is 5.75 Å². The zero-order valence-corrected chi connectivity index (χ0v) is 13.4. The summed E-state index contributed by atoms with van der Waals surface area (Å²) in [5.41, 5.74) is 6.73. The van der Waals surface area contributed by atoms with Crippen LogP contribution in [0.1, 0.15) is 25.3 Å². The minimum absolute atomic E-state index is 0.586. The molecule has 1 fully saturated rings. The van der Waals surface area contributed by atoms with E-state index in [4.69, 9.17) is 10.5 Å². The molecule has 1 aliphatic rings. The molecule has 0 aromatic heterocycles. The standard InChI is InChI=1S/C17H29N3O/c1-3-16-14-20(11-10-19(16)2)9-4-12-21-17-7-5-15(13-18)6-8-17/h5-8,16H,3-4,9-14,18H2,1-2H3. The Morgan fingerprint density at radius 1 is 1.24 bits per heavy atom.